The lowest BCUT2D eigenvalue weighted by atomic mass is 10.2. The van der Waals surface area contributed by atoms with E-state index in [0.717, 1.165) is 0 Å². The van der Waals surface area contributed by atoms with E-state index < -0.39 is 15.8 Å². The molecule has 2 aromatic rings. The zero-order valence-electron chi connectivity index (χ0n) is 12.0. The van der Waals surface area contributed by atoms with Crippen molar-refractivity contribution >= 4 is 27.4 Å². The van der Waals surface area contributed by atoms with Gasteiger partial charge in [0.25, 0.3) is 0 Å². The van der Waals surface area contributed by atoms with Crippen LogP contribution in [0, 0.1) is 0 Å². The van der Waals surface area contributed by atoms with Crippen molar-refractivity contribution < 1.29 is 17.9 Å². The van der Waals surface area contributed by atoms with Gasteiger partial charge in [0.1, 0.15) is 6.61 Å². The minimum Gasteiger partial charge on any atom is -0.457 e. The van der Waals surface area contributed by atoms with E-state index in [9.17, 15) is 13.2 Å². The molecule has 0 atom stereocenters. The number of halogens is 1. The van der Waals surface area contributed by atoms with Gasteiger partial charge in [-0.2, -0.15) is 0 Å². The Balaban J connectivity index is 2.23. The summed E-state index contributed by atoms with van der Waals surface area (Å²) in [6.45, 7) is 1.51. The first-order chi connectivity index (χ1) is 10.5. The summed E-state index contributed by atoms with van der Waals surface area (Å²) in [6.07, 6.45) is 0. The van der Waals surface area contributed by atoms with Crippen molar-refractivity contribution in [3.63, 3.8) is 0 Å². The molecule has 0 heterocycles. The molecule has 0 unspecified atom stereocenters. The van der Waals surface area contributed by atoms with Gasteiger partial charge in [0.2, 0.25) is 0 Å². The van der Waals surface area contributed by atoms with Gasteiger partial charge >= 0.3 is 5.97 Å². The second-order valence-corrected chi connectivity index (χ2v) is 7.22. The summed E-state index contributed by atoms with van der Waals surface area (Å²) in [5, 5.41) is 0.491. The highest BCUT2D eigenvalue weighted by atomic mass is 35.5. The summed E-state index contributed by atoms with van der Waals surface area (Å²) in [5.74, 6) is -0.769. The number of benzene rings is 2. The van der Waals surface area contributed by atoms with Crippen molar-refractivity contribution in [3.05, 3.63) is 64.7 Å². The second-order valence-electron chi connectivity index (χ2n) is 4.57. The lowest BCUT2D eigenvalue weighted by molar-refractivity contribution is 0.0468. The summed E-state index contributed by atoms with van der Waals surface area (Å²) in [7, 11) is -3.49. The number of hydrogen-bond donors (Lipinski definition) is 0. The molecular formula is C16H15ClO4S. The molecule has 0 aliphatic heterocycles. The van der Waals surface area contributed by atoms with Gasteiger partial charge in [-0.05, 0) is 18.2 Å². The molecule has 0 aromatic heterocycles. The minimum absolute atomic E-state index is 0.0124. The second kappa shape index (κ2) is 6.94. The van der Waals surface area contributed by atoms with E-state index in [2.05, 4.69) is 0 Å². The summed E-state index contributed by atoms with van der Waals surface area (Å²) in [6, 6.07) is 13.0. The molecular weight excluding hydrogens is 324 g/mol. The molecule has 0 aliphatic carbocycles. The zero-order chi connectivity index (χ0) is 16.2. The first kappa shape index (κ1) is 16.5. The molecule has 22 heavy (non-hydrogen) atoms. The third-order valence-corrected chi connectivity index (χ3v) is 5.29. The fraction of sp³-hybridized carbons (Fsp3) is 0.188. The van der Waals surface area contributed by atoms with Gasteiger partial charge in [-0.3, -0.25) is 0 Å². The zero-order valence-corrected chi connectivity index (χ0v) is 13.5. The maximum absolute atomic E-state index is 12.2. The highest BCUT2D eigenvalue weighted by molar-refractivity contribution is 7.91. The van der Waals surface area contributed by atoms with Crippen LogP contribution >= 0.6 is 11.6 Å². The number of ether oxygens (including phenoxy) is 1. The first-order valence-electron chi connectivity index (χ1n) is 6.68. The SMILES string of the molecule is CCS(=O)(=O)c1ccccc1C(=O)OCc1ccccc1Cl. The number of sulfone groups is 1. The van der Waals surface area contributed by atoms with Crippen LogP contribution in [-0.2, 0) is 21.2 Å². The van der Waals surface area contributed by atoms with Crippen molar-refractivity contribution in [3.8, 4) is 0 Å². The number of hydrogen-bond acceptors (Lipinski definition) is 4. The Morgan fingerprint density at radius 1 is 1.09 bits per heavy atom. The van der Waals surface area contributed by atoms with Crippen LogP contribution in [0.25, 0.3) is 0 Å². The predicted molar refractivity (Wildman–Crippen MR) is 84.7 cm³/mol. The monoisotopic (exact) mass is 338 g/mol. The lowest BCUT2D eigenvalue weighted by Gasteiger charge is -2.10. The molecule has 2 rings (SSSR count). The summed E-state index contributed by atoms with van der Waals surface area (Å²) in [5.41, 5.74) is 0.699. The molecule has 0 aliphatic rings. The standard InChI is InChI=1S/C16H15ClO4S/c1-2-22(19,20)15-10-6-4-8-13(15)16(18)21-11-12-7-3-5-9-14(12)17/h3-10H,2,11H2,1H3. The largest absolute Gasteiger partial charge is 0.457 e. The Hall–Kier alpha value is -1.85. The topological polar surface area (TPSA) is 60.4 Å². The number of rotatable bonds is 5. The number of carbonyl (C=O) groups is 1. The van der Waals surface area contributed by atoms with E-state index in [4.69, 9.17) is 16.3 Å². The molecule has 0 spiro atoms. The molecule has 0 saturated carbocycles. The van der Waals surface area contributed by atoms with Crippen molar-refractivity contribution in [1.29, 1.82) is 0 Å². The fourth-order valence-electron chi connectivity index (χ4n) is 1.90. The highest BCUT2D eigenvalue weighted by Crippen LogP contribution is 2.20. The van der Waals surface area contributed by atoms with Gasteiger partial charge < -0.3 is 4.74 Å². The summed E-state index contributed by atoms with van der Waals surface area (Å²) >= 11 is 5.99. The van der Waals surface area contributed by atoms with Crippen LogP contribution in [0.3, 0.4) is 0 Å². The van der Waals surface area contributed by atoms with Gasteiger partial charge in [-0.25, -0.2) is 13.2 Å². The van der Waals surface area contributed by atoms with Gasteiger partial charge in [0.15, 0.2) is 9.84 Å². The van der Waals surface area contributed by atoms with Crippen molar-refractivity contribution in [1.82, 2.24) is 0 Å². The Morgan fingerprint density at radius 3 is 2.41 bits per heavy atom. The smallest absolute Gasteiger partial charge is 0.339 e. The van der Waals surface area contributed by atoms with Crippen LogP contribution in [0.2, 0.25) is 5.02 Å². The Bertz CT molecular complexity index is 784. The third kappa shape index (κ3) is 3.67. The number of esters is 1. The number of carbonyl (C=O) groups excluding carboxylic acids is 1. The van der Waals surface area contributed by atoms with Crippen LogP contribution < -0.4 is 0 Å². The van der Waals surface area contributed by atoms with Gasteiger partial charge in [0, 0.05) is 10.6 Å². The van der Waals surface area contributed by atoms with Crippen LogP contribution in [0.1, 0.15) is 22.8 Å². The van der Waals surface area contributed by atoms with Crippen LogP contribution in [0.5, 0.6) is 0 Å². The molecule has 0 fully saturated rings. The van der Waals surface area contributed by atoms with E-state index in [0.29, 0.717) is 10.6 Å². The van der Waals surface area contributed by atoms with Crippen molar-refractivity contribution in [2.75, 3.05) is 5.75 Å². The first-order valence-corrected chi connectivity index (χ1v) is 8.71. The van der Waals surface area contributed by atoms with E-state index in [-0.39, 0.29) is 22.8 Å². The van der Waals surface area contributed by atoms with Gasteiger partial charge in [-0.15, -0.1) is 0 Å². The van der Waals surface area contributed by atoms with Crippen molar-refractivity contribution in [2.45, 2.75) is 18.4 Å². The molecule has 4 nitrogen and oxygen atoms in total. The van der Waals surface area contributed by atoms with E-state index in [1.807, 2.05) is 0 Å². The molecule has 116 valence electrons. The Morgan fingerprint density at radius 2 is 1.73 bits per heavy atom. The van der Waals surface area contributed by atoms with E-state index in [1.54, 1.807) is 36.4 Å². The molecule has 0 saturated heterocycles. The average molecular weight is 339 g/mol. The molecule has 0 N–H and O–H groups in total. The average Bonchev–Trinajstić information content (AvgIpc) is 2.54. The predicted octanol–water partition coefficient (Wildman–Crippen LogP) is 3.49. The van der Waals surface area contributed by atoms with E-state index >= 15 is 0 Å². The molecule has 0 radical (unpaired) electrons. The van der Waals surface area contributed by atoms with Crippen LogP contribution in [0.4, 0.5) is 0 Å². The maximum atomic E-state index is 12.2. The van der Waals surface area contributed by atoms with Crippen LogP contribution in [0.15, 0.2) is 53.4 Å². The summed E-state index contributed by atoms with van der Waals surface area (Å²) < 4.78 is 29.2. The summed E-state index contributed by atoms with van der Waals surface area (Å²) in [4.78, 5) is 12.2. The fourth-order valence-corrected chi connectivity index (χ4v) is 3.17. The Kier molecular flexibility index (Phi) is 5.21. The molecule has 2 aromatic carbocycles. The van der Waals surface area contributed by atoms with E-state index in [1.165, 1.54) is 19.1 Å². The van der Waals surface area contributed by atoms with Gasteiger partial charge in [-0.1, -0.05) is 48.9 Å². The van der Waals surface area contributed by atoms with Crippen LogP contribution in [-0.4, -0.2) is 20.1 Å². The highest BCUT2D eigenvalue weighted by Gasteiger charge is 2.21. The quantitative estimate of drug-likeness (QED) is 0.783. The molecule has 6 heteroatoms. The molecule has 0 amide bonds. The van der Waals surface area contributed by atoms with Gasteiger partial charge in [0.05, 0.1) is 16.2 Å². The van der Waals surface area contributed by atoms with Crippen molar-refractivity contribution in [2.24, 2.45) is 0 Å². The lowest BCUT2D eigenvalue weighted by Crippen LogP contribution is -2.13. The Labute approximate surface area is 134 Å². The minimum atomic E-state index is -3.49. The molecule has 0 bridgehead atoms. The maximum Gasteiger partial charge on any atom is 0.339 e. The third-order valence-electron chi connectivity index (χ3n) is 3.14. The normalized spacial score (nSPS) is 11.2.